The first-order valence-corrected chi connectivity index (χ1v) is 18.8. The number of fused-ring (bicyclic) bond motifs is 2. The highest BCUT2D eigenvalue weighted by Crippen LogP contribution is 2.24. The van der Waals surface area contributed by atoms with E-state index in [9.17, 15) is 28.8 Å². The van der Waals surface area contributed by atoms with Gasteiger partial charge >= 0.3 is 0 Å². The molecular weight excluding hydrogens is 711 g/mol. The second-order valence-corrected chi connectivity index (χ2v) is 15.3. The molecule has 0 aliphatic carbocycles. The van der Waals surface area contributed by atoms with E-state index in [1.807, 2.05) is 49.4 Å². The number of nitrogens with zero attached hydrogens (tertiary/aromatic N) is 3. The van der Waals surface area contributed by atoms with Gasteiger partial charge in [-0.3, -0.25) is 28.8 Å². The van der Waals surface area contributed by atoms with Crippen LogP contribution in [0.1, 0.15) is 74.2 Å². The molecule has 4 rings (SSSR count). The van der Waals surface area contributed by atoms with Gasteiger partial charge in [-0.05, 0) is 64.7 Å². The van der Waals surface area contributed by atoms with E-state index in [0.29, 0.717) is 17.2 Å². The standard InChI is InChI=1S/C39H51N7O7S/c1-23(2)32-35(50)41-26(5)37(51)45(8)18-19-46(38(52)39(6,7)53-28-16-14-24(3)15-17-28)21-31(47)42-29(20-27-12-10-9-11-13-27)36-43-30(22-54-36)34(49)40-25(4)33(48)44-32/h9-17,22-23,25-26,29,32H,18-21H2,1-8H3,(H,40,49)(H,41,50)(H,42,47)(H,44,48)/t25-,26+,29-,32-/m0/s1. The predicted octanol–water partition coefficient (Wildman–Crippen LogP) is 2.77. The van der Waals surface area contributed by atoms with Crippen LogP contribution in [-0.4, -0.2) is 101 Å². The maximum atomic E-state index is 14.2. The Morgan fingerprint density at radius 2 is 1.57 bits per heavy atom. The van der Waals surface area contributed by atoms with Crippen LogP contribution >= 0.6 is 11.3 Å². The minimum atomic E-state index is -1.40. The third kappa shape index (κ3) is 11.1. The van der Waals surface area contributed by atoms with Gasteiger partial charge in [0, 0.05) is 25.5 Å². The Morgan fingerprint density at radius 1 is 0.907 bits per heavy atom. The van der Waals surface area contributed by atoms with Gasteiger partial charge in [0.2, 0.25) is 23.6 Å². The molecule has 0 radical (unpaired) electrons. The van der Waals surface area contributed by atoms with Crippen molar-refractivity contribution in [3.05, 3.63) is 81.8 Å². The van der Waals surface area contributed by atoms with Gasteiger partial charge in [-0.25, -0.2) is 4.98 Å². The van der Waals surface area contributed by atoms with Crippen LogP contribution in [0.15, 0.2) is 60.0 Å². The molecule has 54 heavy (non-hydrogen) atoms. The average molecular weight is 762 g/mol. The van der Waals surface area contributed by atoms with E-state index in [0.717, 1.165) is 11.1 Å². The Morgan fingerprint density at radius 3 is 2.22 bits per heavy atom. The number of carbonyl (C=O) groups excluding carboxylic acids is 6. The number of hydrogen-bond acceptors (Lipinski definition) is 9. The van der Waals surface area contributed by atoms with Crippen LogP contribution in [0.4, 0.5) is 0 Å². The highest BCUT2D eigenvalue weighted by atomic mass is 32.1. The summed E-state index contributed by atoms with van der Waals surface area (Å²) in [4.78, 5) is 88.6. The number of ether oxygens (including phenoxy) is 1. The number of nitrogens with one attached hydrogen (secondary N) is 4. The van der Waals surface area contributed by atoms with Crippen molar-refractivity contribution in [1.29, 1.82) is 0 Å². The maximum absolute atomic E-state index is 14.2. The number of aromatic nitrogens is 1. The Balaban J connectivity index is 1.69. The van der Waals surface area contributed by atoms with Crippen LogP contribution < -0.4 is 26.0 Å². The Bertz CT molecular complexity index is 1810. The minimum absolute atomic E-state index is 0.0254. The van der Waals surface area contributed by atoms with E-state index in [4.69, 9.17) is 4.74 Å². The van der Waals surface area contributed by atoms with E-state index in [-0.39, 0.29) is 31.2 Å². The largest absolute Gasteiger partial charge is 0.478 e. The molecular formula is C39H51N7O7S. The van der Waals surface area contributed by atoms with Crippen LogP contribution in [0.2, 0.25) is 0 Å². The number of hydrogen-bond donors (Lipinski definition) is 4. The number of amides is 6. The molecule has 0 fully saturated rings. The SMILES string of the molecule is Cc1ccc(OC(C)(C)C(=O)N2CCN(C)C(=O)[C@@H](C)NC(=O)[C@H](C(C)C)NC(=O)[C@H](C)NC(=O)c3csc(n3)[C@H](Cc3ccccc3)NC(=O)C2)cc1. The van der Waals surface area contributed by atoms with Crippen LogP contribution in [0, 0.1) is 12.8 Å². The fourth-order valence-corrected chi connectivity index (χ4v) is 6.67. The molecule has 1 aliphatic heterocycles. The molecule has 4 atom stereocenters. The minimum Gasteiger partial charge on any atom is -0.478 e. The molecule has 15 heteroatoms. The smallest absolute Gasteiger partial charge is 0.271 e. The second kappa shape index (κ2) is 18.1. The number of carbonyl (C=O) groups is 6. The monoisotopic (exact) mass is 761 g/mol. The summed E-state index contributed by atoms with van der Waals surface area (Å²) in [6.07, 6.45) is 0.336. The van der Waals surface area contributed by atoms with Crippen molar-refractivity contribution in [2.75, 3.05) is 26.7 Å². The quantitative estimate of drug-likeness (QED) is 0.296. The lowest BCUT2D eigenvalue weighted by Gasteiger charge is -2.34. The fraction of sp³-hybridized carbons (Fsp3) is 0.462. The number of thiazole rings is 1. The summed E-state index contributed by atoms with van der Waals surface area (Å²) in [5, 5.41) is 13.0. The van der Waals surface area contributed by atoms with Gasteiger partial charge in [-0.15, -0.1) is 11.3 Å². The van der Waals surface area contributed by atoms with Gasteiger partial charge in [-0.1, -0.05) is 61.9 Å². The van der Waals surface area contributed by atoms with Gasteiger partial charge in [0.1, 0.15) is 34.6 Å². The highest BCUT2D eigenvalue weighted by Gasteiger charge is 2.37. The molecule has 2 bridgehead atoms. The van der Waals surface area contributed by atoms with E-state index in [1.54, 1.807) is 52.3 Å². The Kier molecular flexibility index (Phi) is 13.9. The molecule has 0 saturated carbocycles. The molecule has 2 aromatic carbocycles. The zero-order valence-corrected chi connectivity index (χ0v) is 32.9. The van der Waals surface area contributed by atoms with Gasteiger partial charge in [-0.2, -0.15) is 0 Å². The highest BCUT2D eigenvalue weighted by molar-refractivity contribution is 7.09. The molecule has 6 amide bonds. The maximum Gasteiger partial charge on any atom is 0.271 e. The van der Waals surface area contributed by atoms with Gasteiger partial charge in [0.25, 0.3) is 11.8 Å². The Labute approximate surface area is 320 Å². The van der Waals surface area contributed by atoms with Crippen LogP contribution in [0.3, 0.4) is 0 Å². The lowest BCUT2D eigenvalue weighted by atomic mass is 10.0. The molecule has 0 saturated heterocycles. The van der Waals surface area contributed by atoms with Crippen molar-refractivity contribution in [1.82, 2.24) is 36.1 Å². The molecule has 14 nitrogen and oxygen atoms in total. The van der Waals surface area contributed by atoms with Crippen molar-refractivity contribution >= 4 is 46.8 Å². The molecule has 290 valence electrons. The normalized spacial score (nSPS) is 21.4. The van der Waals surface area contributed by atoms with E-state index >= 15 is 0 Å². The first-order chi connectivity index (χ1) is 25.4. The van der Waals surface area contributed by atoms with Gasteiger partial charge in [0.15, 0.2) is 5.60 Å². The molecule has 1 aliphatic rings. The van der Waals surface area contributed by atoms with Gasteiger partial charge < -0.3 is 35.8 Å². The molecule has 1 aromatic heterocycles. The molecule has 2 heterocycles. The molecule has 0 unspecified atom stereocenters. The third-order valence-electron chi connectivity index (χ3n) is 9.00. The van der Waals surface area contributed by atoms with Crippen molar-refractivity contribution in [3.63, 3.8) is 0 Å². The summed E-state index contributed by atoms with van der Waals surface area (Å²) in [6, 6.07) is 13.0. The molecule has 4 N–H and O–H groups in total. The summed E-state index contributed by atoms with van der Waals surface area (Å²) in [5.74, 6) is -3.10. The first kappa shape index (κ1) is 41.4. The Hall–Kier alpha value is -5.31. The van der Waals surface area contributed by atoms with E-state index < -0.39 is 65.2 Å². The van der Waals surface area contributed by atoms with Gasteiger partial charge in [0.05, 0.1) is 12.6 Å². The van der Waals surface area contributed by atoms with Crippen molar-refractivity contribution in [2.45, 2.75) is 84.7 Å². The number of aryl methyl sites for hydroxylation is 1. The number of likely N-dealkylation sites (N-methyl/N-ethyl adjacent to an activating group) is 1. The summed E-state index contributed by atoms with van der Waals surface area (Å²) >= 11 is 1.17. The lowest BCUT2D eigenvalue weighted by molar-refractivity contribution is -0.148. The fourth-order valence-electron chi connectivity index (χ4n) is 5.82. The number of benzene rings is 2. The second-order valence-electron chi connectivity index (χ2n) is 14.4. The number of rotatable bonds is 6. The van der Waals surface area contributed by atoms with Crippen molar-refractivity contribution < 1.29 is 33.5 Å². The summed E-state index contributed by atoms with van der Waals surface area (Å²) in [7, 11) is 1.54. The van der Waals surface area contributed by atoms with E-state index in [1.165, 1.54) is 35.0 Å². The van der Waals surface area contributed by atoms with Crippen molar-refractivity contribution in [3.8, 4) is 5.75 Å². The summed E-state index contributed by atoms with van der Waals surface area (Å²) in [6.45, 7) is 11.3. The third-order valence-corrected chi connectivity index (χ3v) is 9.96. The molecule has 0 spiro atoms. The topological polar surface area (TPSA) is 179 Å². The van der Waals surface area contributed by atoms with Crippen LogP contribution in [0.5, 0.6) is 5.75 Å². The van der Waals surface area contributed by atoms with Crippen LogP contribution in [0.25, 0.3) is 0 Å². The zero-order valence-electron chi connectivity index (χ0n) is 32.1. The summed E-state index contributed by atoms with van der Waals surface area (Å²) in [5.41, 5.74) is 0.568. The predicted molar refractivity (Wildman–Crippen MR) is 205 cm³/mol. The van der Waals surface area contributed by atoms with Crippen LogP contribution in [-0.2, 0) is 30.4 Å². The van der Waals surface area contributed by atoms with E-state index in [2.05, 4.69) is 26.3 Å². The zero-order chi connectivity index (χ0) is 39.7. The first-order valence-electron chi connectivity index (χ1n) is 18.0. The van der Waals surface area contributed by atoms with Crippen molar-refractivity contribution in [2.24, 2.45) is 5.92 Å². The average Bonchev–Trinajstić information content (AvgIpc) is 3.62. The summed E-state index contributed by atoms with van der Waals surface area (Å²) < 4.78 is 6.13. The molecule has 3 aromatic rings. The lowest BCUT2D eigenvalue weighted by Crippen LogP contribution is -2.57.